The van der Waals surface area contributed by atoms with E-state index < -0.39 is 47.2 Å². The highest BCUT2D eigenvalue weighted by molar-refractivity contribution is 6.25. The lowest BCUT2D eigenvalue weighted by atomic mass is 10.0. The van der Waals surface area contributed by atoms with Crippen molar-refractivity contribution >= 4 is 41.3 Å². The Morgan fingerprint density at radius 2 is 1.61 bits per heavy atom. The topological polar surface area (TPSA) is 149 Å². The number of carbonyl (C=O) groups is 6. The molecule has 14 heteroatoms. The molecule has 0 spiro atoms. The van der Waals surface area contributed by atoms with Gasteiger partial charge in [0.25, 0.3) is 11.8 Å². The smallest absolute Gasteiger partial charge is 0.407 e. The fourth-order valence-corrected chi connectivity index (χ4v) is 6.17. The number of benzene rings is 1. The van der Waals surface area contributed by atoms with Crippen molar-refractivity contribution in [3.8, 4) is 0 Å². The average molecular weight is 615 g/mol. The van der Waals surface area contributed by atoms with Crippen molar-refractivity contribution in [1.82, 2.24) is 25.3 Å². The molecule has 13 nitrogen and oxygen atoms in total. The van der Waals surface area contributed by atoms with E-state index in [1.54, 1.807) is 0 Å². The normalized spacial score (nSPS) is 21.8. The van der Waals surface area contributed by atoms with Crippen LogP contribution in [0.2, 0.25) is 0 Å². The minimum absolute atomic E-state index is 0.00847. The third kappa shape index (κ3) is 6.69. The number of piperazine rings is 1. The van der Waals surface area contributed by atoms with Gasteiger partial charge in [-0.3, -0.25) is 39.1 Å². The van der Waals surface area contributed by atoms with E-state index in [1.165, 1.54) is 6.07 Å². The van der Waals surface area contributed by atoms with Crippen LogP contribution in [0.3, 0.4) is 0 Å². The second-order valence-corrected chi connectivity index (χ2v) is 12.6. The molecule has 0 aromatic heterocycles. The Morgan fingerprint density at radius 1 is 0.955 bits per heavy atom. The van der Waals surface area contributed by atoms with Gasteiger partial charge in [-0.2, -0.15) is 0 Å². The summed E-state index contributed by atoms with van der Waals surface area (Å²) in [7, 11) is 0. The first-order valence-corrected chi connectivity index (χ1v) is 15.1. The van der Waals surface area contributed by atoms with Crippen molar-refractivity contribution in [3.63, 3.8) is 0 Å². The lowest BCUT2D eigenvalue weighted by Crippen LogP contribution is -2.54. The molecule has 6 amide bonds. The maximum Gasteiger partial charge on any atom is 0.407 e. The Kier molecular flexibility index (Phi) is 8.91. The van der Waals surface area contributed by atoms with Crippen LogP contribution in [-0.4, -0.2) is 114 Å². The zero-order valence-electron chi connectivity index (χ0n) is 25.3. The minimum atomic E-state index is -1.17. The molecule has 44 heavy (non-hydrogen) atoms. The van der Waals surface area contributed by atoms with Crippen LogP contribution in [0.25, 0.3) is 0 Å². The van der Waals surface area contributed by atoms with Crippen LogP contribution in [0.5, 0.6) is 0 Å². The number of carbonyl (C=O) groups excluding carboxylic acids is 6. The van der Waals surface area contributed by atoms with Crippen LogP contribution >= 0.6 is 0 Å². The lowest BCUT2D eigenvalue weighted by molar-refractivity contribution is -0.136. The zero-order valence-corrected chi connectivity index (χ0v) is 25.3. The number of alkyl carbamates (subject to hydrolysis) is 1. The van der Waals surface area contributed by atoms with Gasteiger partial charge in [0.2, 0.25) is 17.7 Å². The van der Waals surface area contributed by atoms with Gasteiger partial charge in [0.05, 0.1) is 16.8 Å². The number of hydrogen-bond acceptors (Lipinski definition) is 9. The van der Waals surface area contributed by atoms with Crippen LogP contribution < -0.4 is 15.5 Å². The second kappa shape index (κ2) is 12.5. The van der Waals surface area contributed by atoms with E-state index in [9.17, 15) is 33.2 Å². The van der Waals surface area contributed by atoms with Crippen molar-refractivity contribution in [1.29, 1.82) is 0 Å². The summed E-state index contributed by atoms with van der Waals surface area (Å²) in [6.07, 6.45) is 1.19. The molecule has 3 saturated heterocycles. The predicted octanol–water partition coefficient (Wildman–Crippen LogP) is 1.25. The molecule has 3 fully saturated rings. The highest BCUT2D eigenvalue weighted by atomic mass is 19.1. The monoisotopic (exact) mass is 614 g/mol. The maximum atomic E-state index is 14.8. The summed E-state index contributed by atoms with van der Waals surface area (Å²) >= 11 is 0. The van der Waals surface area contributed by atoms with Gasteiger partial charge in [-0.15, -0.1) is 0 Å². The molecule has 238 valence electrons. The molecule has 1 unspecified atom stereocenters. The number of imide groups is 2. The second-order valence-electron chi connectivity index (χ2n) is 12.6. The molecule has 0 aliphatic carbocycles. The Bertz CT molecular complexity index is 1360. The van der Waals surface area contributed by atoms with Gasteiger partial charge in [0, 0.05) is 64.7 Å². The SMILES string of the molecule is CC(C)(C)OC(=O)NC1CCN(C(=O)CCN2CCN(c3ccc(F)c4c3C(=O)N(C3CCC(=O)NC3=O)C4=O)CC2)CC1. The van der Waals surface area contributed by atoms with Gasteiger partial charge in [-0.05, 0) is 52.2 Å². The molecule has 5 rings (SSSR count). The number of piperidine rings is 2. The Labute approximate surface area is 255 Å². The number of fused-ring (bicyclic) bond motifs is 1. The van der Waals surface area contributed by atoms with Gasteiger partial charge < -0.3 is 19.9 Å². The molecule has 0 bridgehead atoms. The third-order valence-corrected chi connectivity index (χ3v) is 8.44. The maximum absolute atomic E-state index is 14.8. The van der Waals surface area contributed by atoms with Crippen molar-refractivity contribution in [2.75, 3.05) is 50.7 Å². The van der Waals surface area contributed by atoms with Crippen LogP contribution in [0, 0.1) is 5.82 Å². The molecule has 1 aromatic carbocycles. The molecule has 0 saturated carbocycles. The first kappa shape index (κ1) is 31.4. The number of ether oxygens (including phenoxy) is 1. The first-order chi connectivity index (χ1) is 20.8. The number of rotatable bonds is 6. The number of amides is 6. The summed E-state index contributed by atoms with van der Waals surface area (Å²) in [4.78, 5) is 82.2. The molecule has 0 radical (unpaired) electrons. The summed E-state index contributed by atoms with van der Waals surface area (Å²) in [6.45, 7) is 9.30. The van der Waals surface area contributed by atoms with Crippen molar-refractivity contribution in [2.24, 2.45) is 0 Å². The number of nitrogens with one attached hydrogen (secondary N) is 2. The molecular weight excluding hydrogens is 575 g/mol. The molecule has 4 aliphatic heterocycles. The van der Waals surface area contributed by atoms with Gasteiger partial charge in [-0.1, -0.05) is 0 Å². The van der Waals surface area contributed by atoms with Crippen molar-refractivity contribution in [2.45, 2.75) is 70.6 Å². The largest absolute Gasteiger partial charge is 0.444 e. The first-order valence-electron chi connectivity index (χ1n) is 15.1. The number of halogens is 1. The zero-order chi connectivity index (χ0) is 31.8. The van der Waals surface area contributed by atoms with E-state index in [0.717, 1.165) is 11.0 Å². The molecule has 2 N–H and O–H groups in total. The Balaban J connectivity index is 1.12. The molecule has 1 aromatic rings. The van der Waals surface area contributed by atoms with Crippen LogP contribution in [-0.2, 0) is 19.1 Å². The molecule has 4 heterocycles. The van der Waals surface area contributed by atoms with Crippen molar-refractivity contribution in [3.05, 3.63) is 29.1 Å². The van der Waals surface area contributed by atoms with Gasteiger partial charge in [0.1, 0.15) is 17.5 Å². The van der Waals surface area contributed by atoms with Crippen LogP contribution in [0.1, 0.15) is 73.6 Å². The highest BCUT2D eigenvalue weighted by Gasteiger charge is 2.47. The fourth-order valence-electron chi connectivity index (χ4n) is 6.17. The lowest BCUT2D eigenvalue weighted by Gasteiger charge is -2.37. The minimum Gasteiger partial charge on any atom is -0.444 e. The van der Waals surface area contributed by atoms with Gasteiger partial charge >= 0.3 is 6.09 Å². The molecule has 4 aliphatic rings. The highest BCUT2D eigenvalue weighted by Crippen LogP contribution is 2.36. The standard InChI is InChI=1S/C30H39FN6O7/c1-30(2,3)44-29(43)32-18-8-12-36(13-9-18)23(39)10-11-34-14-16-35(17-15-34)20-5-4-19(31)24-25(20)28(42)37(27(24)41)21-6-7-22(38)33-26(21)40/h4-5,18,21H,6-17H2,1-3H3,(H,32,43)(H,33,38,40). The number of anilines is 1. The quantitative estimate of drug-likeness (QED) is 0.452. The van der Waals surface area contributed by atoms with E-state index in [0.29, 0.717) is 70.8 Å². The Hall–Kier alpha value is -4.07. The van der Waals surface area contributed by atoms with Gasteiger partial charge in [-0.25, -0.2) is 9.18 Å². The van der Waals surface area contributed by atoms with Gasteiger partial charge in [0.15, 0.2) is 0 Å². The summed E-state index contributed by atoms with van der Waals surface area (Å²) in [5, 5.41) is 5.02. The van der Waals surface area contributed by atoms with Crippen LogP contribution in [0.15, 0.2) is 12.1 Å². The van der Waals surface area contributed by atoms with E-state index in [4.69, 9.17) is 4.74 Å². The summed E-state index contributed by atoms with van der Waals surface area (Å²) in [6, 6.07) is 1.43. The van der Waals surface area contributed by atoms with Crippen LogP contribution in [0.4, 0.5) is 14.9 Å². The summed E-state index contributed by atoms with van der Waals surface area (Å²) in [5.41, 5.74) is -0.558. The Morgan fingerprint density at radius 3 is 2.25 bits per heavy atom. The molecule has 1 atom stereocenters. The third-order valence-electron chi connectivity index (χ3n) is 8.44. The number of likely N-dealkylation sites (tertiary alicyclic amines) is 1. The average Bonchev–Trinajstić information content (AvgIpc) is 3.22. The van der Waals surface area contributed by atoms with E-state index in [-0.39, 0.29) is 35.9 Å². The number of hydrogen-bond donors (Lipinski definition) is 2. The van der Waals surface area contributed by atoms with E-state index >= 15 is 0 Å². The summed E-state index contributed by atoms with van der Waals surface area (Å²) in [5.74, 6) is -3.63. The van der Waals surface area contributed by atoms with E-state index in [1.807, 2.05) is 30.6 Å². The van der Waals surface area contributed by atoms with Crippen molar-refractivity contribution < 1.29 is 37.9 Å². The predicted molar refractivity (Wildman–Crippen MR) is 155 cm³/mol. The summed E-state index contributed by atoms with van der Waals surface area (Å²) < 4.78 is 20.2. The fraction of sp³-hybridized carbons (Fsp3) is 0.600. The van der Waals surface area contributed by atoms with E-state index in [2.05, 4.69) is 15.5 Å². The molecular formula is C30H39FN6O7. The number of nitrogens with zero attached hydrogens (tertiary/aromatic N) is 4.